The molecule has 0 saturated heterocycles. The van der Waals surface area contributed by atoms with Gasteiger partial charge in [-0.15, -0.1) is 0 Å². The van der Waals surface area contributed by atoms with Crippen molar-refractivity contribution < 1.29 is 32.2 Å². The Morgan fingerprint density at radius 3 is 2.52 bits per heavy atom. The lowest BCUT2D eigenvalue weighted by Gasteiger charge is -2.12. The molecule has 0 spiro atoms. The molecule has 31 heavy (non-hydrogen) atoms. The highest BCUT2D eigenvalue weighted by Crippen LogP contribution is 2.25. The zero-order valence-electron chi connectivity index (χ0n) is 16.4. The van der Waals surface area contributed by atoms with E-state index in [1.54, 1.807) is 6.07 Å². The fourth-order valence-electron chi connectivity index (χ4n) is 2.42. The Labute approximate surface area is 176 Å². The number of nitrogens with zero attached hydrogens (tertiary/aromatic N) is 1. The molecule has 0 unspecified atom stereocenters. The van der Waals surface area contributed by atoms with Crippen LogP contribution < -0.4 is 15.4 Å². The van der Waals surface area contributed by atoms with Gasteiger partial charge in [0, 0.05) is 18.7 Å². The number of benzene rings is 2. The maximum Gasteiger partial charge on any atom is 0.422 e. The minimum atomic E-state index is -4.53. The number of carbonyl (C=O) groups is 2. The van der Waals surface area contributed by atoms with Gasteiger partial charge in [0.25, 0.3) is 0 Å². The Kier molecular flexibility index (Phi) is 8.69. The van der Waals surface area contributed by atoms with E-state index in [2.05, 4.69) is 15.4 Å². The Morgan fingerprint density at radius 1 is 1.10 bits per heavy atom. The Hall–Kier alpha value is -3.74. The first-order valence-electron chi connectivity index (χ1n) is 9.25. The first-order chi connectivity index (χ1) is 14.8. The zero-order valence-corrected chi connectivity index (χ0v) is 16.4. The largest absolute Gasteiger partial charge is 0.483 e. The van der Waals surface area contributed by atoms with Crippen molar-refractivity contribution in [1.82, 2.24) is 5.32 Å². The minimum absolute atomic E-state index is 0.0766. The minimum Gasteiger partial charge on any atom is -0.483 e. The van der Waals surface area contributed by atoms with Crippen molar-refractivity contribution in [1.29, 1.82) is 5.26 Å². The van der Waals surface area contributed by atoms with Gasteiger partial charge in [0.05, 0.1) is 5.56 Å². The number of carbonyl (C=O) groups excluding carboxylic acids is 2. The molecule has 2 N–H and O–H groups in total. The molecule has 2 aromatic carbocycles. The molecule has 7 nitrogen and oxygen atoms in total. The quantitative estimate of drug-likeness (QED) is 0.577. The van der Waals surface area contributed by atoms with E-state index >= 15 is 0 Å². The smallest absolute Gasteiger partial charge is 0.422 e. The molecule has 0 heterocycles. The summed E-state index contributed by atoms with van der Waals surface area (Å²) in [6, 6.07) is 14.6. The summed E-state index contributed by atoms with van der Waals surface area (Å²) >= 11 is 0. The summed E-state index contributed by atoms with van der Waals surface area (Å²) in [7, 11) is 0. The summed E-state index contributed by atoms with van der Waals surface area (Å²) in [6.07, 6.45) is -4.71. The number of rotatable bonds is 9. The molecule has 0 fully saturated rings. The Balaban J connectivity index is 1.71. The predicted octanol–water partition coefficient (Wildman–Crippen LogP) is 4.14. The van der Waals surface area contributed by atoms with Gasteiger partial charge in [-0.1, -0.05) is 30.3 Å². The van der Waals surface area contributed by atoms with Crippen LogP contribution in [0.4, 0.5) is 23.7 Å². The SMILES string of the molecule is N#Cc1cc(NC(=O)CCCNC(=O)OCc2ccccc2)ccc1OCC(F)(F)F. The van der Waals surface area contributed by atoms with E-state index in [-0.39, 0.29) is 42.5 Å². The molecular weight excluding hydrogens is 415 g/mol. The van der Waals surface area contributed by atoms with Gasteiger partial charge in [0.1, 0.15) is 18.4 Å². The monoisotopic (exact) mass is 435 g/mol. The lowest BCUT2D eigenvalue weighted by molar-refractivity contribution is -0.153. The second-order valence-corrected chi connectivity index (χ2v) is 6.37. The van der Waals surface area contributed by atoms with Crippen LogP contribution in [0.3, 0.4) is 0 Å². The van der Waals surface area contributed by atoms with Gasteiger partial charge in [-0.3, -0.25) is 4.79 Å². The molecule has 0 radical (unpaired) electrons. The Morgan fingerprint density at radius 2 is 1.84 bits per heavy atom. The summed E-state index contributed by atoms with van der Waals surface area (Å²) < 4.78 is 46.4. The first kappa shape index (κ1) is 23.5. The zero-order chi connectivity index (χ0) is 22.7. The fraction of sp³-hybridized carbons (Fsp3) is 0.286. The standard InChI is InChI=1S/C21H20F3N3O4/c22-21(23,24)14-31-18-9-8-17(11-16(18)12-25)27-19(28)7-4-10-26-20(29)30-13-15-5-2-1-3-6-15/h1-3,5-6,8-9,11H,4,7,10,13-14H2,(H,26,29)(H,27,28). The molecule has 0 saturated carbocycles. The molecule has 0 atom stereocenters. The predicted molar refractivity (Wildman–Crippen MR) is 105 cm³/mol. The van der Waals surface area contributed by atoms with Crippen LogP contribution in [0.2, 0.25) is 0 Å². The van der Waals surface area contributed by atoms with Crippen LogP contribution in [0.5, 0.6) is 5.75 Å². The number of halogens is 3. The van der Waals surface area contributed by atoms with Crippen LogP contribution in [0.15, 0.2) is 48.5 Å². The molecule has 2 rings (SSSR count). The number of anilines is 1. The summed E-state index contributed by atoms with van der Waals surface area (Å²) in [5.74, 6) is -0.608. The highest BCUT2D eigenvalue weighted by atomic mass is 19.4. The van der Waals surface area contributed by atoms with E-state index in [4.69, 9.17) is 10.00 Å². The van der Waals surface area contributed by atoms with E-state index < -0.39 is 18.9 Å². The van der Waals surface area contributed by atoms with Crippen molar-refractivity contribution in [3.05, 3.63) is 59.7 Å². The van der Waals surface area contributed by atoms with Gasteiger partial charge >= 0.3 is 12.3 Å². The van der Waals surface area contributed by atoms with Crippen molar-refractivity contribution in [3.63, 3.8) is 0 Å². The number of alkyl halides is 3. The van der Waals surface area contributed by atoms with E-state index in [1.807, 2.05) is 30.3 Å². The van der Waals surface area contributed by atoms with Crippen molar-refractivity contribution in [2.75, 3.05) is 18.5 Å². The Bertz CT molecular complexity index is 928. The molecule has 0 bridgehead atoms. The average molecular weight is 435 g/mol. The molecule has 2 aromatic rings. The third-order valence-corrected chi connectivity index (χ3v) is 3.84. The van der Waals surface area contributed by atoms with E-state index in [0.29, 0.717) is 6.42 Å². The average Bonchev–Trinajstić information content (AvgIpc) is 2.74. The molecular formula is C21H20F3N3O4. The highest BCUT2D eigenvalue weighted by Gasteiger charge is 2.28. The molecule has 0 aliphatic carbocycles. The van der Waals surface area contributed by atoms with Gasteiger partial charge in [0.2, 0.25) is 5.91 Å². The van der Waals surface area contributed by atoms with Crippen molar-refractivity contribution in [2.45, 2.75) is 25.6 Å². The number of amides is 2. The summed E-state index contributed by atoms with van der Waals surface area (Å²) in [5, 5.41) is 14.1. The van der Waals surface area contributed by atoms with Gasteiger partial charge in [-0.25, -0.2) is 4.79 Å². The van der Waals surface area contributed by atoms with Crippen LogP contribution in [0, 0.1) is 11.3 Å². The van der Waals surface area contributed by atoms with Crippen molar-refractivity contribution in [2.24, 2.45) is 0 Å². The lowest BCUT2D eigenvalue weighted by atomic mass is 10.2. The number of ether oxygens (including phenoxy) is 2. The van der Waals surface area contributed by atoms with Crippen LogP contribution >= 0.6 is 0 Å². The van der Waals surface area contributed by atoms with Gasteiger partial charge < -0.3 is 20.1 Å². The third-order valence-electron chi connectivity index (χ3n) is 3.84. The van der Waals surface area contributed by atoms with Crippen LogP contribution in [-0.4, -0.2) is 31.3 Å². The third kappa shape index (κ3) is 9.08. The number of hydrogen-bond donors (Lipinski definition) is 2. The van der Waals surface area contributed by atoms with Gasteiger partial charge in [-0.05, 0) is 30.2 Å². The number of nitriles is 1. The second kappa shape index (κ2) is 11.4. The highest BCUT2D eigenvalue weighted by molar-refractivity contribution is 5.91. The topological polar surface area (TPSA) is 100 Å². The van der Waals surface area contributed by atoms with E-state index in [1.165, 1.54) is 18.2 Å². The van der Waals surface area contributed by atoms with Gasteiger partial charge in [-0.2, -0.15) is 18.4 Å². The number of nitrogens with one attached hydrogen (secondary N) is 2. The number of alkyl carbamates (subject to hydrolysis) is 1. The number of hydrogen-bond acceptors (Lipinski definition) is 5. The van der Waals surface area contributed by atoms with Crippen LogP contribution in [0.1, 0.15) is 24.0 Å². The fourth-order valence-corrected chi connectivity index (χ4v) is 2.42. The normalized spacial score (nSPS) is 10.6. The molecule has 0 aliphatic heterocycles. The molecule has 0 aliphatic rings. The van der Waals surface area contributed by atoms with Crippen molar-refractivity contribution in [3.8, 4) is 11.8 Å². The first-order valence-corrected chi connectivity index (χ1v) is 9.25. The maximum absolute atomic E-state index is 12.2. The molecule has 10 heteroatoms. The van der Waals surface area contributed by atoms with E-state index in [0.717, 1.165) is 5.56 Å². The van der Waals surface area contributed by atoms with Gasteiger partial charge in [0.15, 0.2) is 6.61 Å². The summed E-state index contributed by atoms with van der Waals surface area (Å²) in [6.45, 7) is -1.17. The van der Waals surface area contributed by atoms with Crippen LogP contribution in [0.25, 0.3) is 0 Å². The maximum atomic E-state index is 12.2. The molecule has 0 aromatic heterocycles. The molecule has 2 amide bonds. The van der Waals surface area contributed by atoms with Crippen molar-refractivity contribution >= 4 is 17.7 Å². The summed E-state index contributed by atoms with van der Waals surface area (Å²) in [4.78, 5) is 23.6. The summed E-state index contributed by atoms with van der Waals surface area (Å²) in [5.41, 5.74) is 0.963. The van der Waals surface area contributed by atoms with E-state index in [9.17, 15) is 22.8 Å². The lowest BCUT2D eigenvalue weighted by Crippen LogP contribution is -2.26. The second-order valence-electron chi connectivity index (χ2n) is 6.37. The van der Waals surface area contributed by atoms with Crippen LogP contribution in [-0.2, 0) is 16.1 Å². The molecule has 164 valence electrons.